The van der Waals surface area contributed by atoms with E-state index in [-0.39, 0.29) is 22.7 Å². The SMILES string of the molecule is NC(=O)CSc1nnc(C[C@@H](c2ccc(F)cc2)c2ccco2)o1. The van der Waals surface area contributed by atoms with Crippen LogP contribution < -0.4 is 5.73 Å². The molecule has 3 aromatic rings. The van der Waals surface area contributed by atoms with Crippen LogP contribution in [0.15, 0.2) is 56.7 Å². The first-order valence-electron chi connectivity index (χ1n) is 7.14. The van der Waals surface area contributed by atoms with Gasteiger partial charge in [0.1, 0.15) is 11.6 Å². The number of hydrogen-bond donors (Lipinski definition) is 1. The van der Waals surface area contributed by atoms with Gasteiger partial charge < -0.3 is 14.6 Å². The van der Waals surface area contributed by atoms with E-state index in [1.54, 1.807) is 24.5 Å². The van der Waals surface area contributed by atoms with E-state index in [9.17, 15) is 9.18 Å². The number of hydrogen-bond acceptors (Lipinski definition) is 6. The van der Waals surface area contributed by atoms with Crippen LogP contribution in [0, 0.1) is 5.82 Å². The molecule has 0 bridgehead atoms. The maximum absolute atomic E-state index is 13.2. The van der Waals surface area contributed by atoms with Crippen LogP contribution in [0.1, 0.15) is 23.1 Å². The molecular formula is C16H14FN3O3S. The maximum Gasteiger partial charge on any atom is 0.277 e. The molecule has 2 N–H and O–H groups in total. The Morgan fingerprint density at radius 2 is 2.04 bits per heavy atom. The molecule has 0 aliphatic rings. The maximum atomic E-state index is 13.2. The lowest BCUT2D eigenvalue weighted by molar-refractivity contribution is -0.115. The highest BCUT2D eigenvalue weighted by Crippen LogP contribution is 2.29. The molecule has 8 heteroatoms. The van der Waals surface area contributed by atoms with Gasteiger partial charge in [0.2, 0.25) is 11.8 Å². The zero-order valence-electron chi connectivity index (χ0n) is 12.5. The second-order valence-corrected chi connectivity index (χ2v) is 5.97. The van der Waals surface area contributed by atoms with E-state index in [4.69, 9.17) is 14.6 Å². The van der Waals surface area contributed by atoms with E-state index in [0.717, 1.165) is 17.3 Å². The molecule has 1 amide bonds. The van der Waals surface area contributed by atoms with Crippen LogP contribution >= 0.6 is 11.8 Å². The van der Waals surface area contributed by atoms with Crippen molar-refractivity contribution in [3.05, 3.63) is 65.7 Å². The van der Waals surface area contributed by atoms with E-state index in [2.05, 4.69) is 10.2 Å². The van der Waals surface area contributed by atoms with Gasteiger partial charge in [0.25, 0.3) is 5.22 Å². The Kier molecular flexibility index (Phi) is 4.95. The Balaban J connectivity index is 1.80. The zero-order chi connectivity index (χ0) is 16.9. The van der Waals surface area contributed by atoms with Gasteiger partial charge in [0.15, 0.2) is 0 Å². The fourth-order valence-electron chi connectivity index (χ4n) is 2.25. The molecule has 6 nitrogen and oxygen atoms in total. The molecule has 0 radical (unpaired) electrons. The van der Waals surface area contributed by atoms with Crippen LogP contribution in [0.5, 0.6) is 0 Å². The molecule has 3 rings (SSSR count). The number of furan rings is 1. The van der Waals surface area contributed by atoms with E-state index in [0.29, 0.717) is 18.1 Å². The summed E-state index contributed by atoms with van der Waals surface area (Å²) >= 11 is 1.08. The van der Waals surface area contributed by atoms with Gasteiger partial charge in [-0.15, -0.1) is 10.2 Å². The van der Waals surface area contributed by atoms with Gasteiger partial charge in [-0.3, -0.25) is 4.79 Å². The van der Waals surface area contributed by atoms with Crippen LogP contribution in [-0.4, -0.2) is 21.9 Å². The number of carbonyl (C=O) groups excluding carboxylic acids is 1. The summed E-state index contributed by atoms with van der Waals surface area (Å²) in [6.07, 6.45) is 1.97. The van der Waals surface area contributed by atoms with Gasteiger partial charge in [0.05, 0.1) is 17.9 Å². The first-order valence-corrected chi connectivity index (χ1v) is 8.12. The summed E-state index contributed by atoms with van der Waals surface area (Å²) in [5.41, 5.74) is 5.96. The Labute approximate surface area is 141 Å². The molecule has 0 saturated heterocycles. The highest BCUT2D eigenvalue weighted by Gasteiger charge is 2.21. The van der Waals surface area contributed by atoms with Gasteiger partial charge in [-0.05, 0) is 29.8 Å². The summed E-state index contributed by atoms with van der Waals surface area (Å²) in [7, 11) is 0. The van der Waals surface area contributed by atoms with Gasteiger partial charge >= 0.3 is 0 Å². The van der Waals surface area contributed by atoms with E-state index in [1.807, 2.05) is 6.07 Å². The number of thioether (sulfide) groups is 1. The average molecular weight is 347 g/mol. The van der Waals surface area contributed by atoms with E-state index in [1.165, 1.54) is 12.1 Å². The molecule has 1 aromatic carbocycles. The lowest BCUT2D eigenvalue weighted by Crippen LogP contribution is -2.12. The van der Waals surface area contributed by atoms with Crippen LogP contribution in [0.2, 0.25) is 0 Å². The Morgan fingerprint density at radius 3 is 2.71 bits per heavy atom. The monoisotopic (exact) mass is 347 g/mol. The third kappa shape index (κ3) is 4.02. The number of aromatic nitrogens is 2. The third-order valence-corrected chi connectivity index (χ3v) is 4.16. The number of rotatable bonds is 7. The molecule has 0 fully saturated rings. The largest absolute Gasteiger partial charge is 0.469 e. The second kappa shape index (κ2) is 7.31. The molecule has 24 heavy (non-hydrogen) atoms. The summed E-state index contributed by atoms with van der Waals surface area (Å²) < 4.78 is 24.2. The lowest BCUT2D eigenvalue weighted by Gasteiger charge is -2.13. The van der Waals surface area contributed by atoms with Crippen molar-refractivity contribution >= 4 is 17.7 Å². The van der Waals surface area contributed by atoms with Gasteiger partial charge in [-0.1, -0.05) is 23.9 Å². The predicted octanol–water partition coefficient (Wildman–Crippen LogP) is 2.75. The van der Waals surface area contributed by atoms with Crippen LogP contribution in [0.25, 0.3) is 0 Å². The van der Waals surface area contributed by atoms with Crippen molar-refractivity contribution in [3.8, 4) is 0 Å². The summed E-state index contributed by atoms with van der Waals surface area (Å²) in [5.74, 6) is 0.231. The quantitative estimate of drug-likeness (QED) is 0.660. The molecule has 0 aliphatic heterocycles. The standard InChI is InChI=1S/C16H14FN3O3S/c17-11-5-3-10(4-6-11)12(13-2-1-7-22-13)8-15-19-20-16(23-15)24-9-14(18)21/h1-7,12H,8-9H2,(H2,18,21)/t12-/m0/s1. The average Bonchev–Trinajstić information content (AvgIpc) is 3.23. The van der Waals surface area contributed by atoms with Crippen molar-refractivity contribution in [1.82, 2.24) is 10.2 Å². The van der Waals surface area contributed by atoms with Crippen molar-refractivity contribution in [3.63, 3.8) is 0 Å². The molecule has 124 valence electrons. The fraction of sp³-hybridized carbons (Fsp3) is 0.188. The minimum Gasteiger partial charge on any atom is -0.469 e. The predicted molar refractivity (Wildman–Crippen MR) is 84.9 cm³/mol. The number of nitrogens with two attached hydrogens (primary N) is 1. The molecule has 2 heterocycles. The van der Waals surface area contributed by atoms with Gasteiger partial charge in [-0.25, -0.2) is 4.39 Å². The first kappa shape index (κ1) is 16.3. The molecule has 0 unspecified atom stereocenters. The molecule has 0 saturated carbocycles. The molecule has 1 atom stereocenters. The summed E-state index contributed by atoms with van der Waals surface area (Å²) in [4.78, 5) is 10.8. The van der Waals surface area contributed by atoms with Crippen molar-refractivity contribution in [2.45, 2.75) is 17.6 Å². The molecular weight excluding hydrogens is 333 g/mol. The summed E-state index contributed by atoms with van der Waals surface area (Å²) in [6.45, 7) is 0. The number of carbonyl (C=O) groups is 1. The summed E-state index contributed by atoms with van der Waals surface area (Å²) in [6, 6.07) is 9.81. The molecule has 0 aliphatic carbocycles. The Morgan fingerprint density at radius 1 is 1.25 bits per heavy atom. The van der Waals surface area contributed by atoms with Crippen molar-refractivity contribution < 1.29 is 18.0 Å². The van der Waals surface area contributed by atoms with Crippen LogP contribution in [0.3, 0.4) is 0 Å². The number of nitrogens with zero attached hydrogens (tertiary/aromatic N) is 2. The Hall–Kier alpha value is -2.61. The van der Waals surface area contributed by atoms with Crippen molar-refractivity contribution in [2.24, 2.45) is 5.73 Å². The van der Waals surface area contributed by atoms with Crippen molar-refractivity contribution in [1.29, 1.82) is 0 Å². The molecule has 2 aromatic heterocycles. The fourth-order valence-corrected chi connectivity index (χ4v) is 2.77. The highest BCUT2D eigenvalue weighted by molar-refractivity contribution is 7.99. The zero-order valence-corrected chi connectivity index (χ0v) is 13.3. The highest BCUT2D eigenvalue weighted by atomic mass is 32.2. The smallest absolute Gasteiger partial charge is 0.277 e. The van der Waals surface area contributed by atoms with Gasteiger partial charge in [-0.2, -0.15) is 0 Å². The number of amides is 1. The number of halogens is 1. The lowest BCUT2D eigenvalue weighted by atomic mass is 9.93. The number of primary amides is 1. The molecule has 0 spiro atoms. The number of benzene rings is 1. The minimum atomic E-state index is -0.459. The summed E-state index contributed by atoms with van der Waals surface area (Å²) in [5, 5.41) is 8.14. The van der Waals surface area contributed by atoms with Crippen molar-refractivity contribution in [2.75, 3.05) is 5.75 Å². The Bertz CT molecular complexity index is 802. The normalized spacial score (nSPS) is 12.2. The van der Waals surface area contributed by atoms with E-state index >= 15 is 0 Å². The second-order valence-electron chi connectivity index (χ2n) is 5.04. The third-order valence-electron chi connectivity index (χ3n) is 3.32. The minimum absolute atomic E-state index is 0.0706. The van der Waals surface area contributed by atoms with Crippen LogP contribution in [0.4, 0.5) is 4.39 Å². The van der Waals surface area contributed by atoms with E-state index < -0.39 is 5.91 Å². The van der Waals surface area contributed by atoms with Gasteiger partial charge in [0, 0.05) is 6.42 Å². The van der Waals surface area contributed by atoms with Crippen LogP contribution in [-0.2, 0) is 11.2 Å². The first-order chi connectivity index (χ1) is 11.6. The topological polar surface area (TPSA) is 95.2 Å².